The summed E-state index contributed by atoms with van der Waals surface area (Å²) in [5, 5.41) is 0. The van der Waals surface area contributed by atoms with Crippen LogP contribution in [-0.2, 0) is 6.54 Å². The second-order valence-corrected chi connectivity index (χ2v) is 6.58. The molecule has 0 N–H and O–H groups in total. The molecule has 1 rings (SSSR count). The van der Waals surface area contributed by atoms with E-state index in [0.717, 1.165) is 12.3 Å². The quantitative estimate of drug-likeness (QED) is 0.530. The van der Waals surface area contributed by atoms with Gasteiger partial charge in [-0.3, -0.25) is 0 Å². The molecule has 0 bridgehead atoms. The van der Waals surface area contributed by atoms with Gasteiger partial charge in [0.25, 0.3) is 0 Å². The zero-order valence-electron chi connectivity index (χ0n) is 15.6. The van der Waals surface area contributed by atoms with Crippen LogP contribution in [0.25, 0.3) is 0 Å². The molecule has 0 aliphatic heterocycles. The summed E-state index contributed by atoms with van der Waals surface area (Å²) in [6, 6.07) is 8.65. The number of halogens is 1. The zero-order chi connectivity index (χ0) is 16.3. The van der Waals surface area contributed by atoms with E-state index in [1.54, 1.807) is 7.11 Å². The number of quaternary nitrogens is 1. The van der Waals surface area contributed by atoms with Crippen molar-refractivity contribution in [2.45, 2.75) is 65.8 Å². The van der Waals surface area contributed by atoms with Crippen molar-refractivity contribution < 1.29 is 21.6 Å². The summed E-state index contributed by atoms with van der Waals surface area (Å²) in [7, 11) is 1.76. The summed E-state index contributed by atoms with van der Waals surface area (Å²) in [6.07, 6.45) is 7.86. The Morgan fingerprint density at radius 1 is 0.870 bits per heavy atom. The minimum absolute atomic E-state index is 0. The second-order valence-electron chi connectivity index (χ2n) is 6.58. The molecule has 0 amide bonds. The first-order chi connectivity index (χ1) is 10.7. The van der Waals surface area contributed by atoms with Gasteiger partial charge in [0.05, 0.1) is 26.7 Å². The molecule has 1 aromatic rings. The lowest BCUT2D eigenvalue weighted by atomic mass is 10.1. The van der Waals surface area contributed by atoms with Crippen molar-refractivity contribution in [1.82, 2.24) is 0 Å². The summed E-state index contributed by atoms with van der Waals surface area (Å²) in [6.45, 7) is 12.0. The average molecular weight is 342 g/mol. The van der Waals surface area contributed by atoms with E-state index in [2.05, 4.69) is 39.0 Å². The normalized spacial score (nSPS) is 11.1. The van der Waals surface area contributed by atoms with Crippen molar-refractivity contribution in [3.05, 3.63) is 29.8 Å². The molecule has 23 heavy (non-hydrogen) atoms. The number of methoxy groups -OCH3 is 1. The van der Waals surface area contributed by atoms with Crippen molar-refractivity contribution >= 4 is 0 Å². The van der Waals surface area contributed by atoms with Crippen LogP contribution in [0.15, 0.2) is 24.3 Å². The maximum absolute atomic E-state index is 5.41. The summed E-state index contributed by atoms with van der Waals surface area (Å²) < 4.78 is 6.66. The molecule has 2 nitrogen and oxygen atoms in total. The van der Waals surface area contributed by atoms with E-state index in [1.165, 1.54) is 68.2 Å². The monoisotopic (exact) mass is 341 g/mol. The lowest BCUT2D eigenvalue weighted by molar-refractivity contribution is -0.941. The number of hydrogen-bond donors (Lipinski definition) is 0. The van der Waals surface area contributed by atoms with Crippen LogP contribution in [-0.4, -0.2) is 31.2 Å². The number of rotatable bonds is 12. The van der Waals surface area contributed by atoms with Gasteiger partial charge >= 0.3 is 0 Å². The SMILES string of the molecule is CCCC[N+](CCCC)(CCCC)Cc1cccc(OC)c1.[Cl-]. The molecule has 0 unspecified atom stereocenters. The highest BCUT2D eigenvalue weighted by Gasteiger charge is 2.26. The van der Waals surface area contributed by atoms with Crippen molar-refractivity contribution in [3.63, 3.8) is 0 Å². The number of hydrogen-bond acceptors (Lipinski definition) is 1. The fourth-order valence-corrected chi connectivity index (χ4v) is 3.21. The van der Waals surface area contributed by atoms with Gasteiger partial charge in [-0.15, -0.1) is 0 Å². The average Bonchev–Trinajstić information content (AvgIpc) is 2.56. The molecule has 0 aliphatic rings. The van der Waals surface area contributed by atoms with Crippen LogP contribution in [0.2, 0.25) is 0 Å². The van der Waals surface area contributed by atoms with E-state index < -0.39 is 0 Å². The Morgan fingerprint density at radius 2 is 1.39 bits per heavy atom. The van der Waals surface area contributed by atoms with Crippen LogP contribution < -0.4 is 17.1 Å². The molecule has 0 spiro atoms. The minimum Gasteiger partial charge on any atom is -1.00 e. The topological polar surface area (TPSA) is 9.23 Å². The van der Waals surface area contributed by atoms with Crippen LogP contribution in [0.3, 0.4) is 0 Å². The summed E-state index contributed by atoms with van der Waals surface area (Å²) in [5.74, 6) is 0.983. The second kappa shape index (κ2) is 12.7. The van der Waals surface area contributed by atoms with Gasteiger partial charge in [-0.25, -0.2) is 0 Å². The number of unbranched alkanes of at least 4 members (excludes halogenated alkanes) is 3. The van der Waals surface area contributed by atoms with Crippen molar-refractivity contribution in [3.8, 4) is 5.75 Å². The maximum atomic E-state index is 5.41. The fraction of sp³-hybridized carbons (Fsp3) is 0.700. The molecule has 0 aliphatic carbocycles. The highest BCUT2D eigenvalue weighted by atomic mass is 35.5. The lowest BCUT2D eigenvalue weighted by Gasteiger charge is -2.39. The molecule has 134 valence electrons. The third kappa shape index (κ3) is 8.08. The van der Waals surface area contributed by atoms with E-state index in [9.17, 15) is 0 Å². The van der Waals surface area contributed by atoms with Crippen LogP contribution in [0.4, 0.5) is 0 Å². The van der Waals surface area contributed by atoms with Gasteiger partial charge < -0.3 is 21.6 Å². The molecule has 0 aromatic heterocycles. The largest absolute Gasteiger partial charge is 1.00 e. The standard InChI is InChI=1S/C20H36NO.ClH/c1-5-8-14-21(15-9-6-2,16-10-7-3)18-19-12-11-13-20(17-19)22-4;/h11-13,17H,5-10,14-16,18H2,1-4H3;1H/q+1;/p-1. The van der Waals surface area contributed by atoms with Gasteiger partial charge in [-0.2, -0.15) is 0 Å². The van der Waals surface area contributed by atoms with Gasteiger partial charge in [0.2, 0.25) is 0 Å². The van der Waals surface area contributed by atoms with Gasteiger partial charge in [-0.1, -0.05) is 52.2 Å². The molecule has 0 heterocycles. The van der Waals surface area contributed by atoms with Gasteiger partial charge in [0.1, 0.15) is 12.3 Å². The van der Waals surface area contributed by atoms with Gasteiger partial charge in [-0.05, 0) is 31.4 Å². The van der Waals surface area contributed by atoms with Crippen molar-refractivity contribution in [2.75, 3.05) is 26.7 Å². The molecule has 1 aromatic carbocycles. The zero-order valence-corrected chi connectivity index (χ0v) is 16.4. The molecule has 0 radical (unpaired) electrons. The molecule has 0 saturated heterocycles. The Hall–Kier alpha value is -0.730. The Labute approximate surface area is 150 Å². The Bertz CT molecular complexity index is 387. The van der Waals surface area contributed by atoms with E-state index in [4.69, 9.17) is 4.74 Å². The predicted molar refractivity (Wildman–Crippen MR) is 96.3 cm³/mol. The summed E-state index contributed by atoms with van der Waals surface area (Å²) in [4.78, 5) is 0. The Morgan fingerprint density at radius 3 is 1.83 bits per heavy atom. The van der Waals surface area contributed by atoms with Crippen LogP contribution in [0.5, 0.6) is 5.75 Å². The van der Waals surface area contributed by atoms with Crippen LogP contribution >= 0.6 is 0 Å². The highest BCUT2D eigenvalue weighted by molar-refractivity contribution is 5.27. The molecule has 0 saturated carbocycles. The Kier molecular flexibility index (Phi) is 12.3. The maximum Gasteiger partial charge on any atom is 0.119 e. The summed E-state index contributed by atoms with van der Waals surface area (Å²) in [5.41, 5.74) is 1.42. The van der Waals surface area contributed by atoms with Crippen LogP contribution in [0, 0.1) is 0 Å². The molecular weight excluding hydrogens is 306 g/mol. The molecule has 0 atom stereocenters. The highest BCUT2D eigenvalue weighted by Crippen LogP contribution is 2.22. The number of benzene rings is 1. The van der Waals surface area contributed by atoms with E-state index in [-0.39, 0.29) is 12.4 Å². The third-order valence-corrected chi connectivity index (χ3v) is 4.61. The number of ether oxygens (including phenoxy) is 1. The Balaban J connectivity index is 0.00000484. The van der Waals surface area contributed by atoms with Gasteiger partial charge in [0.15, 0.2) is 0 Å². The van der Waals surface area contributed by atoms with E-state index in [0.29, 0.717) is 0 Å². The molecular formula is C20H36ClNO. The lowest BCUT2D eigenvalue weighted by Crippen LogP contribution is -3.00. The predicted octanol–water partition coefficient (Wildman–Crippen LogP) is 2.42. The first-order valence-electron chi connectivity index (χ1n) is 9.17. The fourth-order valence-electron chi connectivity index (χ4n) is 3.21. The first-order valence-corrected chi connectivity index (χ1v) is 9.17. The third-order valence-electron chi connectivity index (χ3n) is 4.61. The van der Waals surface area contributed by atoms with Crippen molar-refractivity contribution in [1.29, 1.82) is 0 Å². The molecule has 0 fully saturated rings. The summed E-state index contributed by atoms with van der Waals surface area (Å²) >= 11 is 0. The van der Waals surface area contributed by atoms with Crippen LogP contribution in [0.1, 0.15) is 64.9 Å². The first kappa shape index (κ1) is 22.3. The number of nitrogens with zero attached hydrogens (tertiary/aromatic N) is 1. The van der Waals surface area contributed by atoms with Gasteiger partial charge in [0, 0.05) is 5.56 Å². The van der Waals surface area contributed by atoms with E-state index >= 15 is 0 Å². The van der Waals surface area contributed by atoms with E-state index in [1.807, 2.05) is 6.07 Å². The van der Waals surface area contributed by atoms with Crippen molar-refractivity contribution in [2.24, 2.45) is 0 Å². The molecule has 3 heteroatoms. The minimum atomic E-state index is 0. The smallest absolute Gasteiger partial charge is 0.119 e.